The second kappa shape index (κ2) is 12.1. The molecule has 0 N–H and O–H groups in total. The van der Waals surface area contributed by atoms with Crippen LogP contribution in [0.2, 0.25) is 0 Å². The minimum Gasteiger partial charge on any atom is -0.463 e. The van der Waals surface area contributed by atoms with Crippen LogP contribution in [-0.4, -0.2) is 84.7 Å². The number of hydrogen-bond acceptors (Lipinski definition) is 12. The standard InChI is InChI=1S/C24H32N2O10/c1-13(27)31-12-19-20(32-14(2)28)21(33-15(3)29)22(34-16(4)30)24(35-19)36-23-17(8-6-10-25-23)18-9-7-11-26(18)5/h6,8,10,18-22,24H,7,9,11-12H2,1-5H3/t18-,19-,20-,21+,22-,24+/m1/s1. The molecule has 0 radical (unpaired) electrons. The normalized spacial score (nSPS) is 28.1. The molecule has 2 saturated heterocycles. The molecular formula is C24H32N2O10. The summed E-state index contributed by atoms with van der Waals surface area (Å²) < 4.78 is 33.6. The minimum atomic E-state index is -1.33. The van der Waals surface area contributed by atoms with E-state index in [2.05, 4.69) is 9.88 Å². The number of ether oxygens (including phenoxy) is 6. The molecule has 2 aliphatic rings. The lowest BCUT2D eigenvalue weighted by Gasteiger charge is -2.43. The van der Waals surface area contributed by atoms with Crippen molar-refractivity contribution in [3.05, 3.63) is 23.9 Å². The fraction of sp³-hybridized carbons (Fsp3) is 0.625. The van der Waals surface area contributed by atoms with Crippen LogP contribution in [0.15, 0.2) is 18.3 Å². The Morgan fingerprint density at radius 1 is 0.972 bits per heavy atom. The monoisotopic (exact) mass is 508 g/mol. The van der Waals surface area contributed by atoms with Crippen LogP contribution in [-0.2, 0) is 42.9 Å². The number of likely N-dealkylation sites (tertiary alicyclic amines) is 1. The molecule has 198 valence electrons. The molecule has 0 aliphatic carbocycles. The summed E-state index contributed by atoms with van der Waals surface area (Å²) in [5.41, 5.74) is 0.811. The SMILES string of the molecule is CC(=O)OC[C@H]1O[C@@H](Oc2ncccc2[C@H]2CCCN2C)[C@H](OC(C)=O)[C@@H](OC(C)=O)[C@@H]1OC(C)=O. The summed E-state index contributed by atoms with van der Waals surface area (Å²) in [4.78, 5) is 53.9. The molecule has 6 atom stereocenters. The van der Waals surface area contributed by atoms with Gasteiger partial charge in [-0.3, -0.25) is 24.1 Å². The van der Waals surface area contributed by atoms with Crippen molar-refractivity contribution in [2.75, 3.05) is 20.2 Å². The predicted molar refractivity (Wildman–Crippen MR) is 121 cm³/mol. The van der Waals surface area contributed by atoms with E-state index in [-0.39, 0.29) is 18.5 Å². The van der Waals surface area contributed by atoms with Crippen LogP contribution in [0.5, 0.6) is 5.88 Å². The zero-order valence-corrected chi connectivity index (χ0v) is 21.0. The van der Waals surface area contributed by atoms with E-state index >= 15 is 0 Å². The lowest BCUT2D eigenvalue weighted by atomic mass is 9.98. The van der Waals surface area contributed by atoms with E-state index in [1.165, 1.54) is 13.8 Å². The molecule has 3 rings (SSSR count). The number of carbonyl (C=O) groups excluding carboxylic acids is 4. The molecule has 2 aliphatic heterocycles. The largest absolute Gasteiger partial charge is 0.463 e. The molecule has 12 nitrogen and oxygen atoms in total. The predicted octanol–water partition coefficient (Wildman–Crippen LogP) is 1.31. The van der Waals surface area contributed by atoms with Gasteiger partial charge in [-0.1, -0.05) is 6.07 Å². The number of aromatic nitrogens is 1. The highest BCUT2D eigenvalue weighted by molar-refractivity contribution is 5.68. The maximum Gasteiger partial charge on any atom is 0.303 e. The lowest BCUT2D eigenvalue weighted by molar-refractivity contribution is -0.289. The Bertz CT molecular complexity index is 970. The van der Waals surface area contributed by atoms with Crippen molar-refractivity contribution < 1.29 is 47.6 Å². The Kier molecular flexibility index (Phi) is 9.21. The molecule has 12 heteroatoms. The van der Waals surface area contributed by atoms with Crippen LogP contribution < -0.4 is 4.74 Å². The van der Waals surface area contributed by atoms with Gasteiger partial charge in [-0.2, -0.15) is 0 Å². The van der Waals surface area contributed by atoms with Gasteiger partial charge in [0.05, 0.1) is 0 Å². The topological polar surface area (TPSA) is 140 Å². The van der Waals surface area contributed by atoms with Gasteiger partial charge >= 0.3 is 23.9 Å². The average molecular weight is 509 g/mol. The third-order valence-corrected chi connectivity index (χ3v) is 5.86. The van der Waals surface area contributed by atoms with E-state index in [0.717, 1.165) is 38.8 Å². The second-order valence-corrected chi connectivity index (χ2v) is 8.72. The van der Waals surface area contributed by atoms with Crippen LogP contribution in [0.3, 0.4) is 0 Å². The first-order chi connectivity index (χ1) is 17.1. The van der Waals surface area contributed by atoms with Crippen molar-refractivity contribution in [3.8, 4) is 5.88 Å². The Morgan fingerprint density at radius 3 is 2.19 bits per heavy atom. The molecule has 0 spiro atoms. The third kappa shape index (κ3) is 6.91. The summed E-state index contributed by atoms with van der Waals surface area (Å²) in [6.45, 7) is 5.29. The zero-order valence-electron chi connectivity index (χ0n) is 21.0. The molecular weight excluding hydrogens is 476 g/mol. The lowest BCUT2D eigenvalue weighted by Crippen LogP contribution is -2.63. The maximum absolute atomic E-state index is 12.0. The Balaban J connectivity index is 2.00. The highest BCUT2D eigenvalue weighted by Gasteiger charge is 2.53. The average Bonchev–Trinajstić information content (AvgIpc) is 3.21. The van der Waals surface area contributed by atoms with Gasteiger partial charge in [0.1, 0.15) is 12.7 Å². The molecule has 0 amide bonds. The molecule has 3 heterocycles. The Morgan fingerprint density at radius 2 is 1.61 bits per heavy atom. The Labute approximate surface area is 209 Å². The van der Waals surface area contributed by atoms with Crippen molar-refractivity contribution in [1.82, 2.24) is 9.88 Å². The molecule has 0 saturated carbocycles. The van der Waals surface area contributed by atoms with Gasteiger partial charge in [0, 0.05) is 45.5 Å². The zero-order chi connectivity index (χ0) is 26.4. The molecule has 1 aromatic heterocycles. The minimum absolute atomic E-state index is 0.0550. The van der Waals surface area contributed by atoms with Crippen LogP contribution >= 0.6 is 0 Å². The number of rotatable bonds is 8. The number of hydrogen-bond donors (Lipinski definition) is 0. The quantitative estimate of drug-likeness (QED) is 0.369. The molecule has 0 bridgehead atoms. The van der Waals surface area contributed by atoms with E-state index in [1.54, 1.807) is 12.3 Å². The van der Waals surface area contributed by atoms with Gasteiger partial charge in [0.2, 0.25) is 18.3 Å². The molecule has 36 heavy (non-hydrogen) atoms. The fourth-order valence-corrected chi connectivity index (χ4v) is 4.45. The number of pyridine rings is 1. The van der Waals surface area contributed by atoms with Gasteiger partial charge in [-0.25, -0.2) is 4.98 Å². The van der Waals surface area contributed by atoms with E-state index < -0.39 is 54.6 Å². The molecule has 0 aromatic carbocycles. The maximum atomic E-state index is 12.0. The Hall–Kier alpha value is -3.25. The number of esters is 4. The number of carbonyl (C=O) groups is 4. The first kappa shape index (κ1) is 27.3. The summed E-state index contributed by atoms with van der Waals surface area (Å²) in [5.74, 6) is -2.47. The van der Waals surface area contributed by atoms with Crippen molar-refractivity contribution in [1.29, 1.82) is 0 Å². The van der Waals surface area contributed by atoms with Gasteiger partial charge in [0.15, 0.2) is 12.2 Å². The van der Waals surface area contributed by atoms with Gasteiger partial charge < -0.3 is 28.4 Å². The van der Waals surface area contributed by atoms with Crippen molar-refractivity contribution >= 4 is 23.9 Å². The van der Waals surface area contributed by atoms with E-state index in [9.17, 15) is 19.2 Å². The third-order valence-electron chi connectivity index (χ3n) is 5.86. The smallest absolute Gasteiger partial charge is 0.303 e. The molecule has 0 unspecified atom stereocenters. The highest BCUT2D eigenvalue weighted by atomic mass is 16.7. The molecule has 1 aromatic rings. The first-order valence-corrected chi connectivity index (χ1v) is 11.7. The van der Waals surface area contributed by atoms with E-state index in [1.807, 2.05) is 13.1 Å². The van der Waals surface area contributed by atoms with Crippen LogP contribution in [0.4, 0.5) is 0 Å². The summed E-state index contributed by atoms with van der Waals surface area (Å²) >= 11 is 0. The van der Waals surface area contributed by atoms with Gasteiger partial charge in [-0.15, -0.1) is 0 Å². The van der Waals surface area contributed by atoms with Crippen LogP contribution in [0.25, 0.3) is 0 Å². The fourth-order valence-electron chi connectivity index (χ4n) is 4.45. The van der Waals surface area contributed by atoms with Crippen LogP contribution in [0, 0.1) is 0 Å². The van der Waals surface area contributed by atoms with Gasteiger partial charge in [-0.05, 0) is 32.5 Å². The first-order valence-electron chi connectivity index (χ1n) is 11.7. The van der Waals surface area contributed by atoms with E-state index in [4.69, 9.17) is 28.4 Å². The van der Waals surface area contributed by atoms with Crippen molar-refractivity contribution in [2.24, 2.45) is 0 Å². The second-order valence-electron chi connectivity index (χ2n) is 8.72. The highest BCUT2D eigenvalue weighted by Crippen LogP contribution is 2.37. The summed E-state index contributed by atoms with van der Waals surface area (Å²) in [6.07, 6.45) is -2.84. The summed E-state index contributed by atoms with van der Waals surface area (Å²) in [7, 11) is 2.00. The van der Waals surface area contributed by atoms with Gasteiger partial charge in [0.25, 0.3) is 0 Å². The number of nitrogens with zero attached hydrogens (tertiary/aromatic N) is 2. The molecule has 2 fully saturated rings. The summed E-state index contributed by atoms with van der Waals surface area (Å²) in [6, 6.07) is 3.74. The summed E-state index contributed by atoms with van der Waals surface area (Å²) in [5, 5.41) is 0. The van der Waals surface area contributed by atoms with Crippen molar-refractivity contribution in [3.63, 3.8) is 0 Å². The van der Waals surface area contributed by atoms with Crippen LogP contribution in [0.1, 0.15) is 52.1 Å². The van der Waals surface area contributed by atoms with Crippen molar-refractivity contribution in [2.45, 2.75) is 77.3 Å². The van der Waals surface area contributed by atoms with E-state index in [0.29, 0.717) is 0 Å².